The molecule has 136 valence electrons. The average molecular weight is 348 g/mol. The summed E-state index contributed by atoms with van der Waals surface area (Å²) in [6.45, 7) is 4.28. The summed E-state index contributed by atoms with van der Waals surface area (Å²) in [5.41, 5.74) is 0.669. The highest BCUT2D eigenvalue weighted by Gasteiger charge is 2.33. The molecule has 0 saturated carbocycles. The number of nitrogens with zero attached hydrogens (tertiary/aromatic N) is 1. The average Bonchev–Trinajstić information content (AvgIpc) is 2.59. The van der Waals surface area contributed by atoms with Crippen LogP contribution in [0.1, 0.15) is 31.9 Å². The zero-order valence-corrected chi connectivity index (χ0v) is 14.5. The molecule has 1 fully saturated rings. The van der Waals surface area contributed by atoms with Gasteiger partial charge in [0, 0.05) is 13.0 Å². The van der Waals surface area contributed by atoms with Gasteiger partial charge in [-0.15, -0.1) is 0 Å². The van der Waals surface area contributed by atoms with Crippen LogP contribution in [0.3, 0.4) is 0 Å². The number of aliphatic carboxylic acids is 1. The molecule has 1 aliphatic heterocycles. The molecule has 2 N–H and O–H groups in total. The summed E-state index contributed by atoms with van der Waals surface area (Å²) in [4.78, 5) is 37.7. The molecule has 2 unspecified atom stereocenters. The molecule has 2 atom stereocenters. The molecule has 1 aromatic carbocycles. The van der Waals surface area contributed by atoms with Gasteiger partial charge in [0.2, 0.25) is 11.8 Å². The highest BCUT2D eigenvalue weighted by Crippen LogP contribution is 2.19. The predicted octanol–water partition coefficient (Wildman–Crippen LogP) is 1.20. The standard InChI is InChI=1S/C18H24N2O5/c1-12(2)10-15(21)19-16(13-6-4-3-5-7-13)17(22)20-8-9-25-14(11-20)18(23)24/h3-7,12,14,16H,8-11H2,1-2H3,(H,19,21)(H,23,24). The first-order valence-corrected chi connectivity index (χ1v) is 8.36. The van der Waals surface area contributed by atoms with Crippen molar-refractivity contribution in [1.82, 2.24) is 10.2 Å². The van der Waals surface area contributed by atoms with Crippen molar-refractivity contribution >= 4 is 17.8 Å². The van der Waals surface area contributed by atoms with E-state index in [0.29, 0.717) is 18.5 Å². The minimum atomic E-state index is -1.10. The van der Waals surface area contributed by atoms with Gasteiger partial charge in [-0.25, -0.2) is 4.79 Å². The van der Waals surface area contributed by atoms with Gasteiger partial charge in [-0.1, -0.05) is 44.2 Å². The van der Waals surface area contributed by atoms with Crippen molar-refractivity contribution in [3.05, 3.63) is 35.9 Å². The molecule has 0 aliphatic carbocycles. The number of ether oxygens (including phenoxy) is 1. The van der Waals surface area contributed by atoms with Gasteiger partial charge in [-0.05, 0) is 11.5 Å². The van der Waals surface area contributed by atoms with Crippen LogP contribution in [0.5, 0.6) is 0 Å². The summed E-state index contributed by atoms with van der Waals surface area (Å²) >= 11 is 0. The van der Waals surface area contributed by atoms with E-state index in [-0.39, 0.29) is 30.9 Å². The molecular formula is C18H24N2O5. The van der Waals surface area contributed by atoms with Gasteiger partial charge in [0.25, 0.3) is 0 Å². The molecule has 0 radical (unpaired) electrons. The number of hydrogen-bond donors (Lipinski definition) is 2. The van der Waals surface area contributed by atoms with Crippen LogP contribution in [0.2, 0.25) is 0 Å². The lowest BCUT2D eigenvalue weighted by molar-refractivity contribution is -0.160. The summed E-state index contributed by atoms with van der Waals surface area (Å²) < 4.78 is 5.16. The first kappa shape index (κ1) is 18.9. The molecule has 0 spiro atoms. The highest BCUT2D eigenvalue weighted by atomic mass is 16.5. The molecular weight excluding hydrogens is 324 g/mol. The Labute approximate surface area is 147 Å². The monoisotopic (exact) mass is 348 g/mol. The third-order valence-corrected chi connectivity index (χ3v) is 3.93. The zero-order chi connectivity index (χ0) is 18.4. The maximum Gasteiger partial charge on any atom is 0.334 e. The number of carbonyl (C=O) groups is 3. The molecule has 7 nitrogen and oxygen atoms in total. The summed E-state index contributed by atoms with van der Waals surface area (Å²) in [5.74, 6) is -1.46. The zero-order valence-electron chi connectivity index (χ0n) is 14.5. The van der Waals surface area contributed by atoms with E-state index in [1.165, 1.54) is 4.90 Å². The third kappa shape index (κ3) is 5.29. The minimum absolute atomic E-state index is 0.0302. The fraction of sp³-hybridized carbons (Fsp3) is 0.500. The highest BCUT2D eigenvalue weighted by molar-refractivity contribution is 5.89. The topological polar surface area (TPSA) is 95.9 Å². The Morgan fingerprint density at radius 2 is 1.96 bits per heavy atom. The number of nitrogens with one attached hydrogen (secondary N) is 1. The lowest BCUT2D eigenvalue weighted by atomic mass is 10.0. The fourth-order valence-corrected chi connectivity index (χ4v) is 2.71. The van der Waals surface area contributed by atoms with Crippen molar-refractivity contribution in [3.8, 4) is 0 Å². The first-order chi connectivity index (χ1) is 11.9. The maximum atomic E-state index is 13.0. The van der Waals surface area contributed by atoms with Gasteiger partial charge in [-0.2, -0.15) is 0 Å². The van der Waals surface area contributed by atoms with Crippen molar-refractivity contribution < 1.29 is 24.2 Å². The molecule has 1 aromatic rings. The fourth-order valence-electron chi connectivity index (χ4n) is 2.71. The van der Waals surface area contributed by atoms with E-state index in [4.69, 9.17) is 9.84 Å². The van der Waals surface area contributed by atoms with E-state index >= 15 is 0 Å². The van der Waals surface area contributed by atoms with Crippen LogP contribution in [0, 0.1) is 5.92 Å². The Hall–Kier alpha value is -2.41. The van der Waals surface area contributed by atoms with Gasteiger partial charge in [-0.3, -0.25) is 9.59 Å². The Morgan fingerprint density at radius 3 is 2.56 bits per heavy atom. The van der Waals surface area contributed by atoms with Crippen LogP contribution < -0.4 is 5.32 Å². The third-order valence-electron chi connectivity index (χ3n) is 3.93. The van der Waals surface area contributed by atoms with E-state index in [1.54, 1.807) is 24.3 Å². The Morgan fingerprint density at radius 1 is 1.28 bits per heavy atom. The van der Waals surface area contributed by atoms with Crippen LogP contribution in [0.4, 0.5) is 0 Å². The molecule has 25 heavy (non-hydrogen) atoms. The first-order valence-electron chi connectivity index (χ1n) is 8.36. The van der Waals surface area contributed by atoms with Gasteiger partial charge in [0.05, 0.1) is 13.2 Å². The number of hydrogen-bond acceptors (Lipinski definition) is 4. The molecule has 1 aliphatic rings. The summed E-state index contributed by atoms with van der Waals surface area (Å²) in [5, 5.41) is 11.9. The lowest BCUT2D eigenvalue weighted by Gasteiger charge is -2.33. The normalized spacial score (nSPS) is 18.7. The summed E-state index contributed by atoms with van der Waals surface area (Å²) in [6, 6.07) is 8.13. The Balaban J connectivity index is 2.17. The Bertz CT molecular complexity index is 617. The number of rotatable bonds is 6. The number of morpholine rings is 1. The summed E-state index contributed by atoms with van der Waals surface area (Å²) in [6.07, 6.45) is -0.724. The van der Waals surface area contributed by atoms with Crippen LogP contribution in [-0.2, 0) is 19.1 Å². The second-order valence-corrected chi connectivity index (χ2v) is 6.49. The number of carbonyl (C=O) groups excluding carboxylic acids is 2. The van der Waals surface area contributed by atoms with Gasteiger partial charge >= 0.3 is 5.97 Å². The van der Waals surface area contributed by atoms with Crippen molar-refractivity contribution in [2.75, 3.05) is 19.7 Å². The van der Waals surface area contributed by atoms with Crippen LogP contribution in [-0.4, -0.2) is 53.6 Å². The summed E-state index contributed by atoms with van der Waals surface area (Å²) in [7, 11) is 0. The van der Waals surface area contributed by atoms with Gasteiger partial charge in [0.15, 0.2) is 6.10 Å². The number of carboxylic acids is 1. The van der Waals surface area contributed by atoms with Crippen LogP contribution in [0.15, 0.2) is 30.3 Å². The minimum Gasteiger partial charge on any atom is -0.479 e. The van der Waals surface area contributed by atoms with Crippen LogP contribution >= 0.6 is 0 Å². The van der Waals surface area contributed by atoms with Crippen molar-refractivity contribution in [2.45, 2.75) is 32.4 Å². The van der Waals surface area contributed by atoms with E-state index in [0.717, 1.165) is 0 Å². The molecule has 2 amide bonds. The number of benzene rings is 1. The van der Waals surface area contributed by atoms with Crippen molar-refractivity contribution in [2.24, 2.45) is 5.92 Å². The number of amides is 2. The molecule has 2 rings (SSSR count). The Kier molecular flexibility index (Phi) is 6.52. The quantitative estimate of drug-likeness (QED) is 0.805. The van der Waals surface area contributed by atoms with E-state index in [9.17, 15) is 14.4 Å². The molecule has 0 bridgehead atoms. The lowest BCUT2D eigenvalue weighted by Crippen LogP contribution is -2.52. The smallest absolute Gasteiger partial charge is 0.334 e. The van der Waals surface area contributed by atoms with Crippen molar-refractivity contribution in [3.63, 3.8) is 0 Å². The predicted molar refractivity (Wildman–Crippen MR) is 90.7 cm³/mol. The van der Waals surface area contributed by atoms with E-state index in [2.05, 4.69) is 5.32 Å². The second-order valence-electron chi connectivity index (χ2n) is 6.49. The molecule has 1 saturated heterocycles. The van der Waals surface area contributed by atoms with Crippen LogP contribution in [0.25, 0.3) is 0 Å². The largest absolute Gasteiger partial charge is 0.479 e. The molecule has 7 heteroatoms. The second kappa shape index (κ2) is 8.62. The van der Waals surface area contributed by atoms with E-state index in [1.807, 2.05) is 19.9 Å². The number of carboxylic acid groups (broad SMARTS) is 1. The van der Waals surface area contributed by atoms with Gasteiger partial charge in [0.1, 0.15) is 6.04 Å². The van der Waals surface area contributed by atoms with E-state index < -0.39 is 18.1 Å². The van der Waals surface area contributed by atoms with Crippen molar-refractivity contribution in [1.29, 1.82) is 0 Å². The maximum absolute atomic E-state index is 13.0. The van der Waals surface area contributed by atoms with Gasteiger partial charge < -0.3 is 20.1 Å². The molecule has 1 heterocycles. The SMILES string of the molecule is CC(C)CC(=O)NC(C(=O)N1CCOC(C(=O)O)C1)c1ccccc1. The molecule has 0 aromatic heterocycles.